The van der Waals surface area contributed by atoms with E-state index in [1.54, 1.807) is 6.20 Å². The van der Waals surface area contributed by atoms with Gasteiger partial charge in [-0.05, 0) is 95.0 Å². The summed E-state index contributed by atoms with van der Waals surface area (Å²) in [6, 6.07) is 65.2. The van der Waals surface area contributed by atoms with Crippen LogP contribution in [0.2, 0.25) is 0 Å². The molecule has 0 fully saturated rings. The van der Waals surface area contributed by atoms with E-state index in [1.807, 2.05) is 12.3 Å². The van der Waals surface area contributed by atoms with Gasteiger partial charge in [-0.1, -0.05) is 170 Å². The fourth-order valence-electron chi connectivity index (χ4n) is 7.93. The lowest BCUT2D eigenvalue weighted by Crippen LogP contribution is -2.24. The summed E-state index contributed by atoms with van der Waals surface area (Å²) in [5, 5.41) is 11.2. The number of rotatable bonds is 6. The molecule has 1 aliphatic rings. The van der Waals surface area contributed by atoms with Crippen molar-refractivity contribution in [3.8, 4) is 33.4 Å². The molecule has 1 unspecified atom stereocenters. The molecule has 1 N–H and O–H groups in total. The second-order valence-electron chi connectivity index (χ2n) is 13.8. The number of aliphatic imine (C=N–C) groups is 1. The molecule has 2 heterocycles. The predicted octanol–water partition coefficient (Wildman–Crippen LogP) is 12.7. The second kappa shape index (κ2) is 13.5. The second-order valence-corrected chi connectivity index (χ2v) is 13.8. The lowest BCUT2D eigenvalue weighted by molar-refractivity contribution is 0.664. The van der Waals surface area contributed by atoms with Gasteiger partial charge in [-0.25, -0.2) is 0 Å². The fraction of sp³-hybridized carbons (Fsp3) is 0.0196. The SMILES string of the molecule is C1=C(c2ccc(-c3cccnc3)cc2)NC(c2ccc(-c3c4ccccc4c(-c4ccccc4)c4ccccc34)cc2)N=C1c1ccc2ccccc2c1. The van der Waals surface area contributed by atoms with Crippen LogP contribution in [-0.2, 0) is 0 Å². The zero-order chi connectivity index (χ0) is 35.8. The highest BCUT2D eigenvalue weighted by atomic mass is 15.1. The van der Waals surface area contributed by atoms with Crippen LogP contribution in [0.5, 0.6) is 0 Å². The number of fused-ring (bicyclic) bond motifs is 3. The maximum absolute atomic E-state index is 5.34. The third-order valence-electron chi connectivity index (χ3n) is 10.6. The van der Waals surface area contributed by atoms with Gasteiger partial charge in [0.25, 0.3) is 0 Å². The van der Waals surface area contributed by atoms with Crippen molar-refractivity contribution in [3.63, 3.8) is 0 Å². The Labute approximate surface area is 314 Å². The molecule has 1 aromatic heterocycles. The number of nitrogens with zero attached hydrogens (tertiary/aromatic N) is 2. The van der Waals surface area contributed by atoms with Crippen LogP contribution in [0.4, 0.5) is 0 Å². The van der Waals surface area contributed by atoms with Crippen molar-refractivity contribution in [1.82, 2.24) is 10.3 Å². The number of hydrogen-bond acceptors (Lipinski definition) is 3. The van der Waals surface area contributed by atoms with Crippen LogP contribution in [0.1, 0.15) is 22.9 Å². The Morgan fingerprint density at radius 1 is 0.407 bits per heavy atom. The molecule has 10 rings (SSSR count). The topological polar surface area (TPSA) is 37.3 Å². The minimum Gasteiger partial charge on any atom is -0.360 e. The van der Waals surface area contributed by atoms with Crippen LogP contribution < -0.4 is 5.32 Å². The first-order valence-electron chi connectivity index (χ1n) is 18.4. The van der Waals surface area contributed by atoms with E-state index in [1.165, 1.54) is 54.6 Å². The van der Waals surface area contributed by atoms with E-state index < -0.39 is 0 Å². The van der Waals surface area contributed by atoms with Crippen molar-refractivity contribution in [2.75, 3.05) is 0 Å². The van der Waals surface area contributed by atoms with Gasteiger partial charge in [0, 0.05) is 23.7 Å². The van der Waals surface area contributed by atoms with Gasteiger partial charge in [0.15, 0.2) is 0 Å². The number of aromatic nitrogens is 1. The maximum Gasteiger partial charge on any atom is 0.145 e. The molecule has 0 amide bonds. The summed E-state index contributed by atoms with van der Waals surface area (Å²) in [5.41, 5.74) is 12.5. The van der Waals surface area contributed by atoms with Crippen LogP contribution in [0.15, 0.2) is 205 Å². The van der Waals surface area contributed by atoms with Gasteiger partial charge in [0.05, 0.1) is 5.71 Å². The molecule has 254 valence electrons. The summed E-state index contributed by atoms with van der Waals surface area (Å²) >= 11 is 0. The summed E-state index contributed by atoms with van der Waals surface area (Å²) < 4.78 is 0. The van der Waals surface area contributed by atoms with E-state index in [0.717, 1.165) is 39.2 Å². The highest BCUT2D eigenvalue weighted by Gasteiger charge is 2.21. The van der Waals surface area contributed by atoms with Gasteiger partial charge in [-0.2, -0.15) is 0 Å². The Morgan fingerprint density at radius 3 is 1.59 bits per heavy atom. The molecule has 3 nitrogen and oxygen atoms in total. The third-order valence-corrected chi connectivity index (χ3v) is 10.6. The summed E-state index contributed by atoms with van der Waals surface area (Å²) in [4.78, 5) is 9.65. The fourth-order valence-corrected chi connectivity index (χ4v) is 7.93. The number of allylic oxidation sites excluding steroid dienone is 1. The lowest BCUT2D eigenvalue weighted by Gasteiger charge is -2.25. The molecule has 1 atom stereocenters. The first-order chi connectivity index (χ1) is 26.8. The van der Waals surface area contributed by atoms with Gasteiger partial charge >= 0.3 is 0 Å². The zero-order valence-electron chi connectivity index (χ0n) is 29.5. The van der Waals surface area contributed by atoms with E-state index in [2.05, 4.69) is 192 Å². The third kappa shape index (κ3) is 5.73. The average Bonchev–Trinajstić information content (AvgIpc) is 3.26. The Balaban J connectivity index is 1.06. The van der Waals surface area contributed by atoms with E-state index in [-0.39, 0.29) is 6.17 Å². The highest BCUT2D eigenvalue weighted by molar-refractivity contribution is 6.21. The van der Waals surface area contributed by atoms with Gasteiger partial charge in [0.1, 0.15) is 6.17 Å². The molecule has 54 heavy (non-hydrogen) atoms. The molecule has 8 aromatic carbocycles. The monoisotopic (exact) mass is 689 g/mol. The smallest absolute Gasteiger partial charge is 0.145 e. The summed E-state index contributed by atoms with van der Waals surface area (Å²) in [6.45, 7) is 0. The van der Waals surface area contributed by atoms with Crippen LogP contribution in [0, 0.1) is 0 Å². The van der Waals surface area contributed by atoms with Crippen molar-refractivity contribution in [3.05, 3.63) is 217 Å². The highest BCUT2D eigenvalue weighted by Crippen LogP contribution is 2.43. The van der Waals surface area contributed by atoms with Crippen molar-refractivity contribution >= 4 is 43.7 Å². The predicted molar refractivity (Wildman–Crippen MR) is 226 cm³/mol. The Kier molecular flexibility index (Phi) is 7.88. The number of benzene rings is 8. The van der Waals surface area contributed by atoms with E-state index in [0.29, 0.717) is 0 Å². The number of pyridine rings is 1. The molecule has 9 aromatic rings. The summed E-state index contributed by atoms with van der Waals surface area (Å²) in [5.74, 6) is 0. The van der Waals surface area contributed by atoms with Gasteiger partial charge in [-0.15, -0.1) is 0 Å². The van der Waals surface area contributed by atoms with E-state index in [9.17, 15) is 0 Å². The minimum atomic E-state index is -0.271. The summed E-state index contributed by atoms with van der Waals surface area (Å²) in [7, 11) is 0. The lowest BCUT2D eigenvalue weighted by atomic mass is 9.86. The van der Waals surface area contributed by atoms with Crippen molar-refractivity contribution in [2.24, 2.45) is 4.99 Å². The first-order valence-corrected chi connectivity index (χ1v) is 18.4. The van der Waals surface area contributed by atoms with E-state index in [4.69, 9.17) is 4.99 Å². The Bertz CT molecular complexity index is 2820. The van der Waals surface area contributed by atoms with E-state index >= 15 is 0 Å². The first kappa shape index (κ1) is 31.6. The summed E-state index contributed by atoms with van der Waals surface area (Å²) in [6.07, 6.45) is 5.62. The van der Waals surface area contributed by atoms with Crippen LogP contribution in [-0.4, -0.2) is 10.7 Å². The number of nitrogens with one attached hydrogen (secondary N) is 1. The van der Waals surface area contributed by atoms with Crippen molar-refractivity contribution in [2.45, 2.75) is 6.17 Å². The molecule has 1 aliphatic heterocycles. The van der Waals surface area contributed by atoms with Crippen molar-refractivity contribution in [1.29, 1.82) is 0 Å². The molecular formula is C51H35N3. The van der Waals surface area contributed by atoms with Gasteiger partial charge < -0.3 is 5.32 Å². The molecule has 0 saturated heterocycles. The average molecular weight is 690 g/mol. The Hall–Kier alpha value is -7.10. The van der Waals surface area contributed by atoms with Crippen LogP contribution >= 0.6 is 0 Å². The molecular weight excluding hydrogens is 655 g/mol. The Morgan fingerprint density at radius 2 is 0.944 bits per heavy atom. The quantitative estimate of drug-likeness (QED) is 0.176. The van der Waals surface area contributed by atoms with Crippen molar-refractivity contribution < 1.29 is 0 Å². The van der Waals surface area contributed by atoms with Gasteiger partial charge in [0.2, 0.25) is 0 Å². The van der Waals surface area contributed by atoms with Crippen LogP contribution in [0.25, 0.3) is 71.4 Å². The zero-order valence-corrected chi connectivity index (χ0v) is 29.5. The molecule has 0 spiro atoms. The van der Waals surface area contributed by atoms with Gasteiger partial charge in [-0.3, -0.25) is 9.98 Å². The molecule has 0 radical (unpaired) electrons. The largest absolute Gasteiger partial charge is 0.360 e. The van der Waals surface area contributed by atoms with Crippen LogP contribution in [0.3, 0.4) is 0 Å². The normalized spacial score (nSPS) is 14.1. The minimum absolute atomic E-state index is 0.271. The number of hydrogen-bond donors (Lipinski definition) is 1. The molecule has 3 heteroatoms. The molecule has 0 saturated carbocycles. The standard InChI is InChI=1S/C51H35N3/c1-2-12-37(13-3-1)49-43-16-6-8-18-45(43)50(46-19-9-7-17-44(46)49)38-25-27-39(28-26-38)51-53-47(36-23-20-35(21-24-36)42-15-10-30-52-33-42)32-48(54-51)41-29-22-34-11-4-5-14-40(34)31-41/h1-33,51,53H. The molecule has 0 aliphatic carbocycles. The maximum atomic E-state index is 5.34. The molecule has 0 bridgehead atoms.